The zero-order chi connectivity index (χ0) is 24.6. The first kappa shape index (κ1) is 26.8. The van der Waals surface area contributed by atoms with E-state index in [1.54, 1.807) is 36.4 Å². The number of aryl methyl sites for hydroxylation is 1. The minimum absolute atomic E-state index is 0.111. The fourth-order valence-corrected chi connectivity index (χ4v) is 4.57. The van der Waals surface area contributed by atoms with E-state index in [0.29, 0.717) is 18.0 Å². The molecule has 180 valence electrons. The van der Waals surface area contributed by atoms with Gasteiger partial charge in [0.2, 0.25) is 21.8 Å². The third kappa shape index (κ3) is 7.28. The number of hydrogen-bond donors (Lipinski definition) is 1. The van der Waals surface area contributed by atoms with Crippen LogP contribution in [0, 0.1) is 6.92 Å². The van der Waals surface area contributed by atoms with Crippen LogP contribution in [0.5, 0.6) is 0 Å². The van der Waals surface area contributed by atoms with Gasteiger partial charge in [0.15, 0.2) is 0 Å². The molecule has 7 nitrogen and oxygen atoms in total. The maximum Gasteiger partial charge on any atom is 0.243 e. The second kappa shape index (κ2) is 12.2. The van der Waals surface area contributed by atoms with Crippen LogP contribution in [0.15, 0.2) is 53.4 Å². The van der Waals surface area contributed by atoms with Crippen LogP contribution < -0.4 is 5.32 Å². The first-order chi connectivity index (χ1) is 15.6. The van der Waals surface area contributed by atoms with E-state index in [0.717, 1.165) is 21.9 Å². The maximum atomic E-state index is 13.3. The first-order valence-electron chi connectivity index (χ1n) is 10.9. The molecule has 0 fully saturated rings. The predicted octanol–water partition coefficient (Wildman–Crippen LogP) is 3.60. The number of carbonyl (C=O) groups is 2. The van der Waals surface area contributed by atoms with Gasteiger partial charge in [0.05, 0.1) is 11.4 Å². The van der Waals surface area contributed by atoms with Gasteiger partial charge in [-0.2, -0.15) is 4.31 Å². The topological polar surface area (TPSA) is 86.8 Å². The molecule has 2 aromatic carbocycles. The van der Waals surface area contributed by atoms with Crippen LogP contribution in [0.2, 0.25) is 5.02 Å². The number of halogens is 1. The fourth-order valence-electron chi connectivity index (χ4n) is 3.33. The van der Waals surface area contributed by atoms with Crippen LogP contribution in [0.25, 0.3) is 0 Å². The van der Waals surface area contributed by atoms with Crippen LogP contribution in [-0.2, 0) is 26.2 Å². The lowest BCUT2D eigenvalue weighted by Gasteiger charge is -2.32. The Balaban J connectivity index is 2.29. The Labute approximate surface area is 201 Å². The third-order valence-electron chi connectivity index (χ3n) is 5.29. The van der Waals surface area contributed by atoms with Crippen LogP contribution in [0.1, 0.15) is 37.8 Å². The van der Waals surface area contributed by atoms with Crippen molar-refractivity contribution in [3.63, 3.8) is 0 Å². The van der Waals surface area contributed by atoms with Gasteiger partial charge in [-0.1, -0.05) is 55.3 Å². The molecule has 2 aromatic rings. The van der Waals surface area contributed by atoms with E-state index < -0.39 is 22.0 Å². The molecule has 0 aliphatic carbocycles. The molecule has 0 spiro atoms. The number of benzene rings is 2. The Hall–Kier alpha value is -2.42. The van der Waals surface area contributed by atoms with E-state index in [1.807, 2.05) is 20.8 Å². The van der Waals surface area contributed by atoms with Gasteiger partial charge in [-0.25, -0.2) is 8.42 Å². The highest BCUT2D eigenvalue weighted by Crippen LogP contribution is 2.18. The molecule has 0 heterocycles. The van der Waals surface area contributed by atoms with E-state index in [-0.39, 0.29) is 23.9 Å². The van der Waals surface area contributed by atoms with Gasteiger partial charge in [0.25, 0.3) is 0 Å². The van der Waals surface area contributed by atoms with Crippen molar-refractivity contribution in [2.24, 2.45) is 0 Å². The Bertz CT molecular complexity index is 1040. The smallest absolute Gasteiger partial charge is 0.243 e. The van der Waals surface area contributed by atoms with Crippen molar-refractivity contribution in [1.29, 1.82) is 0 Å². The summed E-state index contributed by atoms with van der Waals surface area (Å²) in [7, 11) is -2.50. The molecule has 0 saturated carbocycles. The lowest BCUT2D eigenvalue weighted by atomic mass is 10.1. The number of rotatable bonds is 11. The molecule has 2 rings (SSSR count). The third-order valence-corrected chi connectivity index (χ3v) is 7.36. The van der Waals surface area contributed by atoms with Crippen LogP contribution in [0.3, 0.4) is 0 Å². The summed E-state index contributed by atoms with van der Waals surface area (Å²) in [6.45, 7) is 5.91. The van der Waals surface area contributed by atoms with Gasteiger partial charge < -0.3 is 10.2 Å². The minimum atomic E-state index is -3.86. The molecule has 0 aliphatic heterocycles. The quantitative estimate of drug-likeness (QED) is 0.518. The maximum absolute atomic E-state index is 13.3. The van der Waals surface area contributed by atoms with Gasteiger partial charge >= 0.3 is 0 Å². The SMILES string of the molecule is CCCNC(=O)C(CC)N(Cc1ccc(Cl)cc1)C(=O)CN(C)S(=O)(=O)c1ccc(C)cc1. The largest absolute Gasteiger partial charge is 0.354 e. The summed E-state index contributed by atoms with van der Waals surface area (Å²) in [5.74, 6) is -0.715. The van der Waals surface area contributed by atoms with Crippen LogP contribution >= 0.6 is 11.6 Å². The molecule has 1 atom stereocenters. The minimum Gasteiger partial charge on any atom is -0.354 e. The molecule has 33 heavy (non-hydrogen) atoms. The number of nitrogens with zero attached hydrogens (tertiary/aromatic N) is 2. The fraction of sp³-hybridized carbons (Fsp3) is 0.417. The van der Waals surface area contributed by atoms with Crippen molar-refractivity contribution >= 4 is 33.4 Å². The van der Waals surface area contributed by atoms with Crippen LogP contribution in [0.4, 0.5) is 0 Å². The molecule has 2 amide bonds. The van der Waals surface area contributed by atoms with Crippen molar-refractivity contribution < 1.29 is 18.0 Å². The Morgan fingerprint density at radius 3 is 2.18 bits per heavy atom. The monoisotopic (exact) mass is 493 g/mol. The number of amides is 2. The molecule has 0 aliphatic rings. The highest BCUT2D eigenvalue weighted by molar-refractivity contribution is 7.89. The van der Waals surface area contributed by atoms with E-state index in [2.05, 4.69) is 5.32 Å². The normalized spacial score (nSPS) is 12.4. The zero-order valence-electron chi connectivity index (χ0n) is 19.5. The van der Waals surface area contributed by atoms with Gasteiger partial charge in [-0.05, 0) is 49.6 Å². The first-order valence-corrected chi connectivity index (χ1v) is 12.8. The molecule has 0 radical (unpaired) electrons. The van der Waals surface area contributed by atoms with E-state index in [1.165, 1.54) is 24.1 Å². The molecular weight excluding hydrogens is 462 g/mol. The van der Waals surface area contributed by atoms with E-state index in [9.17, 15) is 18.0 Å². The molecule has 1 N–H and O–H groups in total. The molecule has 1 unspecified atom stereocenters. The summed E-state index contributed by atoms with van der Waals surface area (Å²) < 4.78 is 27.0. The Kier molecular flexibility index (Phi) is 9.88. The Morgan fingerprint density at radius 1 is 1.03 bits per heavy atom. The predicted molar refractivity (Wildman–Crippen MR) is 130 cm³/mol. The number of sulfonamides is 1. The summed E-state index contributed by atoms with van der Waals surface area (Å²) in [6, 6.07) is 12.7. The second-order valence-electron chi connectivity index (χ2n) is 7.94. The number of hydrogen-bond acceptors (Lipinski definition) is 4. The van der Waals surface area contributed by atoms with Crippen molar-refractivity contribution in [2.45, 2.75) is 51.1 Å². The average Bonchev–Trinajstić information content (AvgIpc) is 2.78. The molecule has 0 saturated heterocycles. The standard InChI is InChI=1S/C24H32ClN3O4S/c1-5-15-26-24(30)22(6-2)28(16-19-9-11-20(25)12-10-19)23(29)17-27(4)33(31,32)21-13-7-18(3)8-14-21/h7-14,22H,5-6,15-17H2,1-4H3,(H,26,30). The Morgan fingerprint density at radius 2 is 1.64 bits per heavy atom. The lowest BCUT2D eigenvalue weighted by Crippen LogP contribution is -2.51. The van der Waals surface area contributed by atoms with Gasteiger partial charge in [0, 0.05) is 25.2 Å². The summed E-state index contributed by atoms with van der Waals surface area (Å²) in [5.41, 5.74) is 1.73. The number of likely N-dealkylation sites (N-methyl/N-ethyl adjacent to an activating group) is 1. The molecule has 0 bridgehead atoms. The zero-order valence-corrected chi connectivity index (χ0v) is 21.1. The second-order valence-corrected chi connectivity index (χ2v) is 10.4. The van der Waals surface area contributed by atoms with Crippen molar-refractivity contribution in [2.75, 3.05) is 20.1 Å². The number of carbonyl (C=O) groups excluding carboxylic acids is 2. The van der Waals surface area contributed by atoms with Gasteiger partial charge in [0.1, 0.15) is 6.04 Å². The average molecular weight is 494 g/mol. The number of nitrogens with one attached hydrogen (secondary N) is 1. The van der Waals surface area contributed by atoms with E-state index >= 15 is 0 Å². The van der Waals surface area contributed by atoms with Crippen molar-refractivity contribution in [1.82, 2.24) is 14.5 Å². The van der Waals surface area contributed by atoms with Crippen LogP contribution in [-0.4, -0.2) is 55.6 Å². The summed E-state index contributed by atoms with van der Waals surface area (Å²) >= 11 is 5.98. The molecule has 9 heteroatoms. The summed E-state index contributed by atoms with van der Waals surface area (Å²) in [4.78, 5) is 27.7. The molecule has 0 aromatic heterocycles. The summed E-state index contributed by atoms with van der Waals surface area (Å²) in [5, 5.41) is 3.41. The summed E-state index contributed by atoms with van der Waals surface area (Å²) in [6.07, 6.45) is 1.16. The van der Waals surface area contributed by atoms with Crippen molar-refractivity contribution in [3.8, 4) is 0 Å². The van der Waals surface area contributed by atoms with Crippen molar-refractivity contribution in [3.05, 3.63) is 64.7 Å². The van der Waals surface area contributed by atoms with Gasteiger partial charge in [-0.15, -0.1) is 0 Å². The molecular formula is C24H32ClN3O4S. The van der Waals surface area contributed by atoms with Gasteiger partial charge in [-0.3, -0.25) is 9.59 Å². The highest BCUT2D eigenvalue weighted by Gasteiger charge is 2.31. The lowest BCUT2D eigenvalue weighted by molar-refractivity contribution is -0.141. The van der Waals surface area contributed by atoms with E-state index in [4.69, 9.17) is 11.6 Å². The highest BCUT2D eigenvalue weighted by atomic mass is 35.5.